The molecule has 30 heavy (non-hydrogen) atoms. The molecule has 160 valence electrons. The Morgan fingerprint density at radius 3 is 2.53 bits per heavy atom. The Kier molecular flexibility index (Phi) is 7.50. The molecule has 0 spiro atoms. The van der Waals surface area contributed by atoms with Gasteiger partial charge in [0.25, 0.3) is 0 Å². The fraction of sp³-hybridized carbons (Fsp3) is 0.450. The molecule has 2 N–H and O–H groups in total. The fourth-order valence-corrected chi connectivity index (χ4v) is 3.33. The number of benzene rings is 1. The molecule has 1 aliphatic heterocycles. The minimum Gasteiger partial charge on any atom is -0.462 e. The van der Waals surface area contributed by atoms with Crippen LogP contribution in [0, 0.1) is 10.1 Å². The predicted octanol–water partition coefficient (Wildman–Crippen LogP) is 3.20. The van der Waals surface area contributed by atoms with E-state index in [1.54, 1.807) is 31.2 Å². The Morgan fingerprint density at radius 2 is 1.87 bits per heavy atom. The van der Waals surface area contributed by atoms with Gasteiger partial charge in [0.15, 0.2) is 0 Å². The number of anilines is 3. The van der Waals surface area contributed by atoms with E-state index in [9.17, 15) is 14.9 Å². The van der Waals surface area contributed by atoms with Crippen LogP contribution in [0.3, 0.4) is 0 Å². The molecule has 1 fully saturated rings. The lowest BCUT2D eigenvalue weighted by atomic mass is 10.1. The molecule has 3 rings (SSSR count). The van der Waals surface area contributed by atoms with E-state index in [0.29, 0.717) is 24.4 Å². The zero-order chi connectivity index (χ0) is 21.3. The van der Waals surface area contributed by atoms with Crippen LogP contribution in [0.5, 0.6) is 0 Å². The summed E-state index contributed by atoms with van der Waals surface area (Å²) in [7, 11) is 0. The highest BCUT2D eigenvalue weighted by molar-refractivity contribution is 5.90. The zero-order valence-electron chi connectivity index (χ0n) is 17.0. The van der Waals surface area contributed by atoms with Crippen molar-refractivity contribution in [3.8, 4) is 0 Å². The first kappa shape index (κ1) is 21.4. The van der Waals surface area contributed by atoms with E-state index >= 15 is 0 Å². The summed E-state index contributed by atoms with van der Waals surface area (Å²) in [5, 5.41) is 17.7. The van der Waals surface area contributed by atoms with E-state index in [4.69, 9.17) is 4.74 Å². The van der Waals surface area contributed by atoms with Gasteiger partial charge in [0.1, 0.15) is 6.33 Å². The number of likely N-dealkylation sites (tertiary alicyclic amines) is 1. The Morgan fingerprint density at radius 1 is 1.17 bits per heavy atom. The van der Waals surface area contributed by atoms with Crippen molar-refractivity contribution in [3.05, 3.63) is 46.3 Å². The van der Waals surface area contributed by atoms with Gasteiger partial charge in [-0.15, -0.1) is 0 Å². The number of ether oxygens (including phenoxy) is 1. The van der Waals surface area contributed by atoms with Crippen LogP contribution in [0.4, 0.5) is 23.0 Å². The molecule has 2 aromatic rings. The molecule has 0 radical (unpaired) electrons. The van der Waals surface area contributed by atoms with Crippen molar-refractivity contribution in [1.29, 1.82) is 0 Å². The molecule has 0 unspecified atom stereocenters. The molecule has 1 aromatic heterocycles. The second-order valence-corrected chi connectivity index (χ2v) is 6.93. The Hall–Kier alpha value is -3.27. The monoisotopic (exact) mass is 414 g/mol. The lowest BCUT2D eigenvalue weighted by molar-refractivity contribution is -0.383. The maximum atomic E-state index is 11.8. The second-order valence-electron chi connectivity index (χ2n) is 6.93. The summed E-state index contributed by atoms with van der Waals surface area (Å²) in [6, 6.07) is 6.46. The number of nitrogens with one attached hydrogen (secondary N) is 2. The third-order valence-electron chi connectivity index (χ3n) is 4.83. The topological polar surface area (TPSA) is 123 Å². The molecule has 0 amide bonds. The number of esters is 1. The van der Waals surface area contributed by atoms with Crippen molar-refractivity contribution in [2.24, 2.45) is 0 Å². The van der Waals surface area contributed by atoms with Crippen LogP contribution in [0.25, 0.3) is 0 Å². The first-order chi connectivity index (χ1) is 14.6. The van der Waals surface area contributed by atoms with Gasteiger partial charge in [0.05, 0.1) is 17.1 Å². The number of carbonyl (C=O) groups excluding carboxylic acids is 1. The summed E-state index contributed by atoms with van der Waals surface area (Å²) < 4.78 is 4.95. The summed E-state index contributed by atoms with van der Waals surface area (Å²) >= 11 is 0. The largest absolute Gasteiger partial charge is 0.462 e. The molecule has 0 aliphatic carbocycles. The van der Waals surface area contributed by atoms with E-state index in [0.717, 1.165) is 19.6 Å². The highest BCUT2D eigenvalue weighted by Crippen LogP contribution is 2.31. The molecular weight excluding hydrogens is 388 g/mol. The maximum Gasteiger partial charge on any atom is 0.353 e. The number of rotatable bonds is 9. The van der Waals surface area contributed by atoms with Gasteiger partial charge in [-0.25, -0.2) is 14.8 Å². The number of carbonyl (C=O) groups is 1. The molecule has 2 heterocycles. The highest BCUT2D eigenvalue weighted by Gasteiger charge is 2.23. The maximum absolute atomic E-state index is 11.8. The molecule has 1 saturated heterocycles. The average Bonchev–Trinajstić information content (AvgIpc) is 2.75. The Bertz CT molecular complexity index is 868. The van der Waals surface area contributed by atoms with Crippen molar-refractivity contribution in [3.63, 3.8) is 0 Å². The van der Waals surface area contributed by atoms with Crippen LogP contribution >= 0.6 is 0 Å². The van der Waals surface area contributed by atoms with Crippen molar-refractivity contribution >= 4 is 29.0 Å². The van der Waals surface area contributed by atoms with Gasteiger partial charge in [-0.1, -0.05) is 6.42 Å². The van der Waals surface area contributed by atoms with E-state index < -0.39 is 10.9 Å². The third-order valence-corrected chi connectivity index (χ3v) is 4.83. The van der Waals surface area contributed by atoms with E-state index in [1.165, 1.54) is 25.6 Å². The fourth-order valence-electron chi connectivity index (χ4n) is 3.33. The first-order valence-electron chi connectivity index (χ1n) is 10.1. The standard InChI is InChI=1S/C20H26N6O4/c1-2-30-20(27)15-6-8-16(9-7-15)24-19-17(26(28)29)18(22-14-23-19)21-10-13-25-11-4-3-5-12-25/h6-9,14H,2-5,10-13H2,1H3,(H2,21,22,23,24). The minimum absolute atomic E-state index is 0.0827. The zero-order valence-corrected chi connectivity index (χ0v) is 17.0. The first-order valence-corrected chi connectivity index (χ1v) is 10.1. The summed E-state index contributed by atoms with van der Waals surface area (Å²) in [6.07, 6.45) is 4.93. The van der Waals surface area contributed by atoms with E-state index in [1.807, 2.05) is 0 Å². The van der Waals surface area contributed by atoms with Crippen LogP contribution in [0.1, 0.15) is 36.5 Å². The Labute approximate surface area is 174 Å². The number of piperidine rings is 1. The third kappa shape index (κ3) is 5.63. The van der Waals surface area contributed by atoms with E-state index in [2.05, 4.69) is 25.5 Å². The lowest BCUT2D eigenvalue weighted by Gasteiger charge is -2.26. The molecule has 0 atom stereocenters. The molecule has 10 heteroatoms. The summed E-state index contributed by atoms with van der Waals surface area (Å²) in [5.41, 5.74) is 0.745. The highest BCUT2D eigenvalue weighted by atomic mass is 16.6. The number of hydrogen-bond donors (Lipinski definition) is 2. The van der Waals surface area contributed by atoms with Crippen molar-refractivity contribution in [2.45, 2.75) is 26.2 Å². The smallest absolute Gasteiger partial charge is 0.353 e. The van der Waals surface area contributed by atoms with Crippen LogP contribution in [0.2, 0.25) is 0 Å². The lowest BCUT2D eigenvalue weighted by Crippen LogP contribution is -2.33. The number of hydrogen-bond acceptors (Lipinski definition) is 9. The second kappa shape index (κ2) is 10.5. The van der Waals surface area contributed by atoms with Gasteiger partial charge in [-0.05, 0) is 57.1 Å². The summed E-state index contributed by atoms with van der Waals surface area (Å²) in [4.78, 5) is 33.4. The molecular formula is C20H26N6O4. The van der Waals surface area contributed by atoms with Gasteiger partial charge in [-0.2, -0.15) is 0 Å². The molecule has 1 aliphatic rings. The summed E-state index contributed by atoms with van der Waals surface area (Å²) in [5.74, 6) is -0.158. The SMILES string of the molecule is CCOC(=O)c1ccc(Nc2ncnc(NCCN3CCCCC3)c2[N+](=O)[O-])cc1. The van der Waals surface area contributed by atoms with Crippen LogP contribution in [-0.2, 0) is 4.74 Å². The van der Waals surface area contributed by atoms with Crippen LogP contribution < -0.4 is 10.6 Å². The summed E-state index contributed by atoms with van der Waals surface area (Å²) in [6.45, 7) is 5.51. The van der Waals surface area contributed by atoms with Gasteiger partial charge in [-0.3, -0.25) is 10.1 Å². The molecule has 10 nitrogen and oxygen atoms in total. The van der Waals surface area contributed by atoms with Gasteiger partial charge < -0.3 is 20.3 Å². The number of aromatic nitrogens is 2. The molecule has 0 bridgehead atoms. The minimum atomic E-state index is -0.501. The van der Waals surface area contributed by atoms with Crippen molar-refractivity contribution in [1.82, 2.24) is 14.9 Å². The van der Waals surface area contributed by atoms with Gasteiger partial charge in [0.2, 0.25) is 11.6 Å². The number of nitrogens with zero attached hydrogens (tertiary/aromatic N) is 4. The van der Waals surface area contributed by atoms with Crippen molar-refractivity contribution < 1.29 is 14.5 Å². The van der Waals surface area contributed by atoms with Crippen molar-refractivity contribution in [2.75, 3.05) is 43.4 Å². The quantitative estimate of drug-likeness (QED) is 0.362. The Balaban J connectivity index is 1.69. The molecule has 1 aromatic carbocycles. The van der Waals surface area contributed by atoms with Gasteiger partial charge in [0, 0.05) is 18.8 Å². The number of nitro groups is 1. The normalized spacial score (nSPS) is 14.2. The van der Waals surface area contributed by atoms with Gasteiger partial charge >= 0.3 is 11.7 Å². The predicted molar refractivity (Wildman–Crippen MR) is 113 cm³/mol. The molecule has 0 saturated carbocycles. The van der Waals surface area contributed by atoms with Crippen LogP contribution in [-0.4, -0.2) is 58.5 Å². The van der Waals surface area contributed by atoms with E-state index in [-0.39, 0.29) is 17.3 Å². The average molecular weight is 414 g/mol. The van der Waals surface area contributed by atoms with Crippen LogP contribution in [0.15, 0.2) is 30.6 Å².